The Kier molecular flexibility index (Phi) is 20.7. The molecule has 0 aromatic heterocycles. The summed E-state index contributed by atoms with van der Waals surface area (Å²) in [6, 6.07) is 68.7. The van der Waals surface area contributed by atoms with E-state index in [9.17, 15) is 0 Å². The fourth-order valence-corrected chi connectivity index (χ4v) is 6.06. The Morgan fingerprint density at radius 1 is 0.455 bits per heavy atom. The van der Waals surface area contributed by atoms with Crippen molar-refractivity contribution in [2.75, 3.05) is 0 Å². The first kappa shape index (κ1) is 44.8. The minimum Gasteiger partial charge on any atom is -0.184 e. The molecular weight excluding hydrogens is 756 g/mol. The van der Waals surface area contributed by atoms with Crippen molar-refractivity contribution in [1.29, 1.82) is 0 Å². The van der Waals surface area contributed by atoms with Crippen molar-refractivity contribution >= 4 is 50.0 Å². The Morgan fingerprint density at radius 2 is 0.800 bits per heavy atom. The van der Waals surface area contributed by atoms with E-state index in [1.807, 2.05) is 30.3 Å². The number of hydrogen-bond donors (Lipinski definition) is 0. The predicted molar refractivity (Wildman–Crippen MR) is 243 cm³/mol. The van der Waals surface area contributed by atoms with Crippen LogP contribution in [0.3, 0.4) is 0 Å². The van der Waals surface area contributed by atoms with Crippen LogP contribution in [0.15, 0.2) is 188 Å². The van der Waals surface area contributed by atoms with Crippen LogP contribution >= 0.6 is 0 Å². The molecule has 0 N–H and O–H groups in total. The summed E-state index contributed by atoms with van der Waals surface area (Å²) in [5.74, 6) is 0. The van der Waals surface area contributed by atoms with Crippen LogP contribution in [0.25, 0.3) is 65.3 Å². The molecule has 55 heavy (non-hydrogen) atoms. The van der Waals surface area contributed by atoms with Crippen molar-refractivity contribution in [3.05, 3.63) is 215 Å². The normalized spacial score (nSPS) is 9.73. The van der Waals surface area contributed by atoms with Gasteiger partial charge in [-0.25, -0.2) is 0 Å². The average molecular weight is 808 g/mol. The third kappa shape index (κ3) is 12.7. The molecule has 0 nitrogen and oxygen atoms in total. The number of fused-ring (bicyclic) bond motifs is 4. The van der Waals surface area contributed by atoms with Gasteiger partial charge < -0.3 is 21.3 Å². The topological polar surface area (TPSA) is 0 Å². The van der Waals surface area contributed by atoms with Crippen LogP contribution in [0.2, 0.25) is 0 Å². The molecule has 0 heterocycles. The molecule has 0 bridgehead atoms. The van der Waals surface area contributed by atoms with Crippen molar-refractivity contribution in [1.82, 2.24) is 0 Å². The number of unbranched alkanes of at least 4 members (excludes halogenated alkanes) is 2. The quantitative estimate of drug-likeness (QED) is 0.123. The van der Waals surface area contributed by atoms with E-state index in [2.05, 4.69) is 198 Å². The van der Waals surface area contributed by atoms with Gasteiger partial charge in [0.15, 0.2) is 0 Å². The van der Waals surface area contributed by atoms with Crippen LogP contribution < -0.4 is 0 Å². The Balaban J connectivity index is 0.000000211. The van der Waals surface area contributed by atoms with Gasteiger partial charge >= 0.3 is 30.2 Å². The summed E-state index contributed by atoms with van der Waals surface area (Å²) in [6.07, 6.45) is 4.56. The first-order valence-electron chi connectivity index (χ1n) is 18.7. The van der Waals surface area contributed by atoms with Crippen molar-refractivity contribution in [2.45, 2.75) is 39.5 Å². The molecule has 0 atom stereocenters. The monoisotopic (exact) mass is 806 g/mol. The van der Waals surface area contributed by atoms with Crippen molar-refractivity contribution in [2.24, 2.45) is 0 Å². The van der Waals surface area contributed by atoms with E-state index in [1.165, 1.54) is 102 Å². The van der Waals surface area contributed by atoms with Crippen molar-refractivity contribution in [3.63, 3.8) is 0 Å². The SMILES string of the molecule is [CH2-]CCC.[CH2-]CCC.[CH3-].[Si]=[Zr].[c-]1ccccc1.c1ccc2c(-c3cccc4[cH-]ccc34)cccc2c1.c1ccc2c(-c3cccc4[cH-]ccc34)cccc2c1. The molecule has 0 saturated carbocycles. The van der Waals surface area contributed by atoms with E-state index in [-0.39, 0.29) is 7.43 Å². The van der Waals surface area contributed by atoms with Gasteiger partial charge in [-0.3, -0.25) is 0 Å². The van der Waals surface area contributed by atoms with Crippen LogP contribution in [0.1, 0.15) is 39.5 Å². The summed E-state index contributed by atoms with van der Waals surface area (Å²) in [4.78, 5) is 0. The van der Waals surface area contributed by atoms with Gasteiger partial charge in [-0.15, -0.1) is 57.9 Å². The van der Waals surface area contributed by atoms with Gasteiger partial charge in [0.2, 0.25) is 0 Å². The third-order valence-electron chi connectivity index (χ3n) is 8.83. The standard InChI is InChI=1S/2C19H13.C6H5.2C4H9.CH3.Si.Zr/c2*1-2-10-16-14(6-1)8-4-12-18(16)19-13-5-9-15-7-3-11-17(15)19;1-2-4-6-5-3-1;2*1-3-4-2;;;/h2*1-13H;1-5H;2*1,3-4H2,2H3;1H3;;/q6*-1;;. The summed E-state index contributed by atoms with van der Waals surface area (Å²) in [5.41, 5.74) is 5.27. The van der Waals surface area contributed by atoms with Crippen LogP contribution in [-0.2, 0) is 23.3 Å². The number of rotatable bonds is 4. The minimum absolute atomic E-state index is 0. The van der Waals surface area contributed by atoms with Crippen LogP contribution in [0, 0.1) is 27.3 Å². The molecular formula is C53H52SiZr-6. The largest absolute Gasteiger partial charge is 0.184 e. The molecule has 278 valence electrons. The molecule has 9 rings (SSSR count). The van der Waals surface area contributed by atoms with Gasteiger partial charge in [-0.2, -0.15) is 73.5 Å². The third-order valence-corrected chi connectivity index (χ3v) is 8.83. The Hall–Kier alpha value is -4.62. The smallest absolute Gasteiger partial charge is 0.0114 e. The van der Waals surface area contributed by atoms with E-state index < -0.39 is 0 Å². The van der Waals surface area contributed by atoms with Crippen molar-refractivity contribution < 1.29 is 23.3 Å². The van der Waals surface area contributed by atoms with E-state index >= 15 is 0 Å². The fraction of sp³-hybridized carbons (Fsp3) is 0.113. The summed E-state index contributed by atoms with van der Waals surface area (Å²) in [5, 5.41) is 10.5. The number of benzene rings is 7. The van der Waals surface area contributed by atoms with Gasteiger partial charge in [-0.05, 0) is 32.7 Å². The second kappa shape index (κ2) is 25.5. The van der Waals surface area contributed by atoms with Crippen LogP contribution in [0.5, 0.6) is 0 Å². The molecule has 2 heteroatoms. The second-order valence-corrected chi connectivity index (χ2v) is 12.5. The van der Waals surface area contributed by atoms with Gasteiger partial charge in [-0.1, -0.05) is 135 Å². The van der Waals surface area contributed by atoms with E-state index in [1.54, 1.807) is 0 Å². The predicted octanol–water partition coefficient (Wildman–Crippen LogP) is 15.6. The van der Waals surface area contributed by atoms with Gasteiger partial charge in [0.1, 0.15) is 0 Å². The van der Waals surface area contributed by atoms with E-state index in [0.717, 1.165) is 12.8 Å². The molecule has 9 aromatic rings. The average Bonchev–Trinajstić information content (AvgIpc) is 3.96. The molecule has 0 aliphatic rings. The van der Waals surface area contributed by atoms with Gasteiger partial charge in [0.25, 0.3) is 0 Å². The molecule has 0 aliphatic carbocycles. The van der Waals surface area contributed by atoms with Gasteiger partial charge in [0, 0.05) is 0 Å². The zero-order valence-electron chi connectivity index (χ0n) is 32.6. The summed E-state index contributed by atoms with van der Waals surface area (Å²) in [7, 11) is 0. The molecule has 0 saturated heterocycles. The van der Waals surface area contributed by atoms with Crippen LogP contribution in [0.4, 0.5) is 0 Å². The molecule has 0 fully saturated rings. The zero-order valence-corrected chi connectivity index (χ0v) is 36.1. The maximum atomic E-state index is 3.60. The Bertz CT molecular complexity index is 2190. The Morgan fingerprint density at radius 3 is 1.15 bits per heavy atom. The van der Waals surface area contributed by atoms with E-state index in [0.29, 0.717) is 0 Å². The summed E-state index contributed by atoms with van der Waals surface area (Å²) < 4.78 is 0. The van der Waals surface area contributed by atoms with Crippen molar-refractivity contribution in [3.8, 4) is 22.3 Å². The molecule has 0 aliphatic heterocycles. The van der Waals surface area contributed by atoms with E-state index in [4.69, 9.17) is 0 Å². The molecule has 9 aromatic carbocycles. The minimum atomic E-state index is 0. The number of hydrogen-bond acceptors (Lipinski definition) is 0. The van der Waals surface area contributed by atoms with Crippen LogP contribution in [-0.4, -0.2) is 6.88 Å². The molecule has 2 radical (unpaired) electrons. The van der Waals surface area contributed by atoms with Gasteiger partial charge in [0.05, 0.1) is 0 Å². The summed E-state index contributed by atoms with van der Waals surface area (Å²) in [6.45, 7) is 14.5. The maximum Gasteiger partial charge on any atom is -0.0114 e. The summed E-state index contributed by atoms with van der Waals surface area (Å²) >= 11 is 1.36. The second-order valence-electron chi connectivity index (χ2n) is 12.5. The fourth-order valence-electron chi connectivity index (χ4n) is 6.06. The first-order valence-corrected chi connectivity index (χ1v) is 22.9. The molecule has 0 unspecified atom stereocenters. The Labute approximate surface area is 348 Å². The maximum absolute atomic E-state index is 3.60. The molecule has 0 amide bonds. The molecule has 0 spiro atoms. The zero-order chi connectivity index (χ0) is 38.4. The first-order chi connectivity index (χ1) is 26.7.